The van der Waals surface area contributed by atoms with Crippen LogP contribution in [0, 0.1) is 6.92 Å². The Balaban J connectivity index is 0.000000972. The molecule has 150 valence electrons. The van der Waals surface area contributed by atoms with Crippen molar-refractivity contribution < 1.29 is 24.5 Å². The van der Waals surface area contributed by atoms with Crippen molar-refractivity contribution in [2.75, 3.05) is 26.2 Å². The number of carbonyl (C=O) groups is 2. The van der Waals surface area contributed by atoms with E-state index < -0.39 is 11.9 Å². The van der Waals surface area contributed by atoms with Gasteiger partial charge in [-0.05, 0) is 36.5 Å². The van der Waals surface area contributed by atoms with Gasteiger partial charge in [0, 0.05) is 19.6 Å². The van der Waals surface area contributed by atoms with Crippen molar-refractivity contribution >= 4 is 11.9 Å². The number of hydrogen-bond donors (Lipinski definition) is 2. The number of carboxylic acids is 2. The van der Waals surface area contributed by atoms with Gasteiger partial charge in [0.15, 0.2) is 0 Å². The van der Waals surface area contributed by atoms with Crippen LogP contribution in [0.25, 0.3) is 0 Å². The average Bonchev–Trinajstić information content (AvgIpc) is 2.60. The molecule has 0 aliphatic carbocycles. The number of ether oxygens (including phenoxy) is 1. The minimum atomic E-state index is -1.82. The summed E-state index contributed by atoms with van der Waals surface area (Å²) in [7, 11) is 0. The van der Waals surface area contributed by atoms with Crippen molar-refractivity contribution in [2.24, 2.45) is 0 Å². The van der Waals surface area contributed by atoms with Crippen LogP contribution in [0.15, 0.2) is 43.5 Å². The van der Waals surface area contributed by atoms with Gasteiger partial charge in [0.25, 0.3) is 0 Å². The number of nitrogens with zero attached hydrogens (tertiary/aromatic N) is 1. The molecule has 6 heteroatoms. The van der Waals surface area contributed by atoms with Gasteiger partial charge in [-0.2, -0.15) is 0 Å². The van der Waals surface area contributed by atoms with Crippen LogP contribution in [-0.4, -0.2) is 53.3 Å². The minimum absolute atomic E-state index is 0.531. The molecule has 1 aromatic carbocycles. The van der Waals surface area contributed by atoms with Gasteiger partial charge in [-0.3, -0.25) is 4.90 Å². The summed E-state index contributed by atoms with van der Waals surface area (Å²) in [5.41, 5.74) is 2.53. The number of carboxylic acid groups (broad SMARTS) is 2. The number of rotatable bonds is 10. The topological polar surface area (TPSA) is 87.1 Å². The highest BCUT2D eigenvalue weighted by Crippen LogP contribution is 2.24. The summed E-state index contributed by atoms with van der Waals surface area (Å²) in [6.45, 7) is 17.6. The van der Waals surface area contributed by atoms with Crippen molar-refractivity contribution in [3.8, 4) is 5.75 Å². The van der Waals surface area contributed by atoms with E-state index in [0.29, 0.717) is 5.92 Å². The van der Waals surface area contributed by atoms with E-state index in [0.717, 1.165) is 38.4 Å². The number of benzene rings is 1. The van der Waals surface area contributed by atoms with E-state index in [1.807, 2.05) is 12.2 Å². The molecule has 0 saturated carbocycles. The fourth-order valence-corrected chi connectivity index (χ4v) is 2.22. The molecule has 0 aromatic heterocycles. The quantitative estimate of drug-likeness (QED) is 0.367. The Labute approximate surface area is 161 Å². The predicted octanol–water partition coefficient (Wildman–Crippen LogP) is 3.72. The Kier molecular flexibility index (Phi) is 12.3. The fraction of sp³-hybridized carbons (Fsp3) is 0.429. The lowest BCUT2D eigenvalue weighted by atomic mass is 10.0. The molecule has 0 aliphatic rings. The Hall–Kier alpha value is -2.60. The molecular formula is C21H31NO5. The van der Waals surface area contributed by atoms with Gasteiger partial charge in [0.05, 0.1) is 6.61 Å². The molecule has 6 nitrogen and oxygen atoms in total. The zero-order valence-electron chi connectivity index (χ0n) is 16.5. The molecule has 0 atom stereocenters. The third kappa shape index (κ3) is 10.9. The average molecular weight is 377 g/mol. The summed E-state index contributed by atoms with van der Waals surface area (Å²) in [5.74, 6) is -2.10. The van der Waals surface area contributed by atoms with Crippen LogP contribution in [-0.2, 0) is 9.59 Å². The first kappa shape index (κ1) is 24.4. The van der Waals surface area contributed by atoms with Gasteiger partial charge in [-0.1, -0.05) is 38.1 Å². The zero-order chi connectivity index (χ0) is 20.8. The maximum Gasteiger partial charge on any atom is 0.414 e. The first-order chi connectivity index (χ1) is 12.7. The SMILES string of the molecule is C=CCN(CC=C)CCCOc1cc(C(C)C)ccc1C.O=C(O)C(=O)O. The highest BCUT2D eigenvalue weighted by atomic mass is 16.5. The molecule has 0 radical (unpaired) electrons. The van der Waals surface area contributed by atoms with Crippen LogP contribution in [0.2, 0.25) is 0 Å². The predicted molar refractivity (Wildman–Crippen MR) is 107 cm³/mol. The summed E-state index contributed by atoms with van der Waals surface area (Å²) in [6.07, 6.45) is 4.87. The second-order valence-electron chi connectivity index (χ2n) is 6.33. The van der Waals surface area contributed by atoms with Crippen molar-refractivity contribution in [2.45, 2.75) is 33.1 Å². The second kappa shape index (κ2) is 13.6. The lowest BCUT2D eigenvalue weighted by Crippen LogP contribution is -2.26. The van der Waals surface area contributed by atoms with Crippen LogP contribution >= 0.6 is 0 Å². The van der Waals surface area contributed by atoms with E-state index in [-0.39, 0.29) is 0 Å². The summed E-state index contributed by atoms with van der Waals surface area (Å²) in [4.78, 5) is 20.5. The molecule has 2 N–H and O–H groups in total. The monoisotopic (exact) mass is 377 g/mol. The molecule has 1 aromatic rings. The first-order valence-corrected chi connectivity index (χ1v) is 8.86. The van der Waals surface area contributed by atoms with E-state index in [4.69, 9.17) is 24.5 Å². The van der Waals surface area contributed by atoms with Crippen molar-refractivity contribution in [1.29, 1.82) is 0 Å². The summed E-state index contributed by atoms with van der Waals surface area (Å²) >= 11 is 0. The summed E-state index contributed by atoms with van der Waals surface area (Å²) < 4.78 is 5.96. The van der Waals surface area contributed by atoms with E-state index in [1.165, 1.54) is 11.1 Å². The van der Waals surface area contributed by atoms with Crippen molar-refractivity contribution in [3.05, 3.63) is 54.6 Å². The third-order valence-corrected chi connectivity index (χ3v) is 3.71. The fourth-order valence-electron chi connectivity index (χ4n) is 2.22. The molecule has 0 unspecified atom stereocenters. The Morgan fingerprint density at radius 1 is 1.15 bits per heavy atom. The van der Waals surface area contributed by atoms with Crippen LogP contribution in [0.5, 0.6) is 5.75 Å². The van der Waals surface area contributed by atoms with Crippen molar-refractivity contribution in [3.63, 3.8) is 0 Å². The molecule has 0 fully saturated rings. The Morgan fingerprint density at radius 3 is 2.15 bits per heavy atom. The highest BCUT2D eigenvalue weighted by Gasteiger charge is 2.06. The van der Waals surface area contributed by atoms with E-state index in [1.54, 1.807) is 0 Å². The second-order valence-corrected chi connectivity index (χ2v) is 6.33. The lowest BCUT2D eigenvalue weighted by Gasteiger charge is -2.19. The van der Waals surface area contributed by atoms with Gasteiger partial charge >= 0.3 is 11.9 Å². The summed E-state index contributed by atoms with van der Waals surface area (Å²) in [5, 5.41) is 14.8. The third-order valence-electron chi connectivity index (χ3n) is 3.71. The number of aryl methyl sites for hydroxylation is 1. The van der Waals surface area contributed by atoms with Gasteiger partial charge in [0.1, 0.15) is 5.75 Å². The molecule has 27 heavy (non-hydrogen) atoms. The van der Waals surface area contributed by atoms with E-state index >= 15 is 0 Å². The van der Waals surface area contributed by atoms with Gasteiger partial charge in [-0.15, -0.1) is 13.2 Å². The molecular weight excluding hydrogens is 346 g/mol. The molecule has 0 amide bonds. The standard InChI is InChI=1S/C19H29NO.C2H2O4/c1-6-11-20(12-7-2)13-8-14-21-19-15-18(16(3)4)10-9-17(19)5;3-1(4)2(5)6/h6-7,9-10,15-16H,1-2,8,11-14H2,3-5H3;(H,3,4)(H,5,6). The van der Waals surface area contributed by atoms with E-state index in [9.17, 15) is 0 Å². The highest BCUT2D eigenvalue weighted by molar-refractivity contribution is 6.27. The normalized spacial score (nSPS) is 10.1. The molecule has 0 spiro atoms. The minimum Gasteiger partial charge on any atom is -0.493 e. The van der Waals surface area contributed by atoms with Crippen molar-refractivity contribution in [1.82, 2.24) is 4.90 Å². The van der Waals surface area contributed by atoms with E-state index in [2.05, 4.69) is 57.0 Å². The maximum absolute atomic E-state index is 9.10. The smallest absolute Gasteiger partial charge is 0.414 e. The number of hydrogen-bond acceptors (Lipinski definition) is 4. The molecule has 0 saturated heterocycles. The number of aliphatic carboxylic acids is 2. The summed E-state index contributed by atoms with van der Waals surface area (Å²) in [6, 6.07) is 6.50. The lowest BCUT2D eigenvalue weighted by molar-refractivity contribution is -0.159. The Bertz CT molecular complexity index is 603. The molecule has 1 rings (SSSR count). The largest absolute Gasteiger partial charge is 0.493 e. The Morgan fingerprint density at radius 2 is 1.70 bits per heavy atom. The maximum atomic E-state index is 9.10. The first-order valence-electron chi connectivity index (χ1n) is 8.86. The molecule has 0 heterocycles. The van der Waals surface area contributed by atoms with Crippen LogP contribution in [0.3, 0.4) is 0 Å². The van der Waals surface area contributed by atoms with Crippen LogP contribution < -0.4 is 4.74 Å². The zero-order valence-corrected chi connectivity index (χ0v) is 16.5. The van der Waals surface area contributed by atoms with Crippen LogP contribution in [0.4, 0.5) is 0 Å². The van der Waals surface area contributed by atoms with Gasteiger partial charge in [0.2, 0.25) is 0 Å². The van der Waals surface area contributed by atoms with Crippen LogP contribution in [0.1, 0.15) is 37.3 Å². The van der Waals surface area contributed by atoms with Gasteiger partial charge < -0.3 is 14.9 Å². The molecule has 0 bridgehead atoms. The molecule has 0 aliphatic heterocycles. The van der Waals surface area contributed by atoms with Gasteiger partial charge in [-0.25, -0.2) is 9.59 Å².